The van der Waals surface area contributed by atoms with Gasteiger partial charge in [-0.05, 0) is 0 Å². The quantitative estimate of drug-likeness (QED) is 0.419. The molecule has 1 aliphatic rings. The van der Waals surface area contributed by atoms with Crippen molar-refractivity contribution in [3.8, 4) is 0 Å². The van der Waals surface area contributed by atoms with E-state index in [0.29, 0.717) is 6.08 Å². The van der Waals surface area contributed by atoms with Gasteiger partial charge in [0.1, 0.15) is 17.8 Å². The van der Waals surface area contributed by atoms with Crippen LogP contribution < -0.4 is 5.73 Å². The van der Waals surface area contributed by atoms with Gasteiger partial charge in [0.05, 0.1) is 6.08 Å². The highest BCUT2D eigenvalue weighted by atomic mass is 16.4. The molecule has 0 radical (unpaired) electrons. The molecule has 0 spiro atoms. The van der Waals surface area contributed by atoms with E-state index in [9.17, 15) is 19.5 Å². The van der Waals surface area contributed by atoms with Crippen LogP contribution in [0.25, 0.3) is 0 Å². The predicted molar refractivity (Wildman–Crippen MR) is 55.7 cm³/mol. The molecule has 0 aliphatic carbocycles. The van der Waals surface area contributed by atoms with Gasteiger partial charge in [0.25, 0.3) is 0 Å². The van der Waals surface area contributed by atoms with Crippen molar-refractivity contribution in [2.45, 2.75) is 6.17 Å². The van der Waals surface area contributed by atoms with E-state index in [1.807, 2.05) is 0 Å². The fraction of sp³-hybridized carbons (Fsp3) is 0.444. The van der Waals surface area contributed by atoms with Crippen LogP contribution in [-0.2, 0) is 9.59 Å². The number of aliphatic hydroxyl groups is 1. The molecule has 0 bridgehead atoms. The van der Waals surface area contributed by atoms with Crippen LogP contribution in [-0.4, -0.2) is 58.2 Å². The molecule has 1 aliphatic heterocycles. The molecule has 8 nitrogen and oxygen atoms in total. The van der Waals surface area contributed by atoms with Crippen LogP contribution in [0.5, 0.6) is 0 Å². The molecule has 1 saturated heterocycles. The first-order chi connectivity index (χ1) is 7.77. The molecular weight excluding hydrogens is 230 g/mol. The minimum absolute atomic E-state index is 0.486. The number of nitrogens with zero attached hydrogens (tertiary/aromatic N) is 2. The van der Waals surface area contributed by atoms with Crippen molar-refractivity contribution >= 4 is 17.9 Å². The zero-order chi connectivity index (χ0) is 13.3. The Kier molecular flexibility index (Phi) is 3.37. The number of hydrogen-bond donors (Lipinski definition) is 3. The van der Waals surface area contributed by atoms with Gasteiger partial charge in [-0.3, -0.25) is 9.69 Å². The second kappa shape index (κ2) is 4.42. The molecule has 4 N–H and O–H groups in total. The summed E-state index contributed by atoms with van der Waals surface area (Å²) < 4.78 is 0. The van der Waals surface area contributed by atoms with Crippen molar-refractivity contribution < 1.29 is 24.6 Å². The minimum Gasteiger partial charge on any atom is -0.511 e. The molecule has 8 heteroatoms. The van der Waals surface area contributed by atoms with Crippen molar-refractivity contribution in [2.24, 2.45) is 11.7 Å². The lowest BCUT2D eigenvalue weighted by Gasteiger charge is -2.39. The second-order valence-electron chi connectivity index (χ2n) is 3.67. The summed E-state index contributed by atoms with van der Waals surface area (Å²) in [6.07, 6.45) is -0.610. The lowest BCUT2D eigenvalue weighted by Crippen LogP contribution is -2.62. The summed E-state index contributed by atoms with van der Waals surface area (Å²) in [7, 11) is 2.59. The number of amides is 3. The molecule has 2 atom stereocenters. The van der Waals surface area contributed by atoms with E-state index in [-0.39, 0.29) is 0 Å². The van der Waals surface area contributed by atoms with E-state index >= 15 is 0 Å². The third-order valence-electron chi connectivity index (χ3n) is 2.56. The second-order valence-corrected chi connectivity index (χ2v) is 3.67. The molecule has 0 aromatic heterocycles. The van der Waals surface area contributed by atoms with Gasteiger partial charge in [-0.2, -0.15) is 0 Å². The zero-order valence-corrected chi connectivity index (χ0v) is 9.32. The van der Waals surface area contributed by atoms with Gasteiger partial charge >= 0.3 is 12.0 Å². The van der Waals surface area contributed by atoms with Gasteiger partial charge in [0.2, 0.25) is 5.91 Å². The molecule has 1 fully saturated rings. The molecule has 1 heterocycles. The van der Waals surface area contributed by atoms with Crippen molar-refractivity contribution in [2.75, 3.05) is 14.1 Å². The van der Waals surface area contributed by atoms with Crippen LogP contribution in [0, 0.1) is 5.92 Å². The van der Waals surface area contributed by atoms with E-state index in [0.717, 1.165) is 9.80 Å². The topological polar surface area (TPSA) is 124 Å². The highest BCUT2D eigenvalue weighted by Gasteiger charge is 2.43. The zero-order valence-electron chi connectivity index (χ0n) is 9.32. The molecule has 0 aromatic carbocycles. The molecule has 0 aromatic rings. The molecule has 2 unspecified atom stereocenters. The Hall–Kier alpha value is -2.09. The van der Waals surface area contributed by atoms with Gasteiger partial charge in [-0.1, -0.05) is 0 Å². The summed E-state index contributed by atoms with van der Waals surface area (Å²) in [6.45, 7) is 0. The van der Waals surface area contributed by atoms with Crippen LogP contribution in [0.4, 0.5) is 4.79 Å². The van der Waals surface area contributed by atoms with E-state index in [4.69, 9.17) is 10.8 Å². The number of carboxylic acids is 1. The Morgan fingerprint density at radius 3 is 2.35 bits per heavy atom. The molecule has 1 rings (SSSR count). The molecule has 94 valence electrons. The number of aliphatic hydroxyl groups excluding tert-OH is 1. The number of nitrogens with two attached hydrogens (primary N) is 1. The summed E-state index contributed by atoms with van der Waals surface area (Å²) in [5.74, 6) is -4.08. The van der Waals surface area contributed by atoms with Crippen LogP contribution in [0.15, 0.2) is 11.8 Å². The van der Waals surface area contributed by atoms with Gasteiger partial charge < -0.3 is 20.8 Å². The van der Waals surface area contributed by atoms with Crippen molar-refractivity contribution in [1.82, 2.24) is 9.80 Å². The van der Waals surface area contributed by atoms with Crippen molar-refractivity contribution in [1.29, 1.82) is 0 Å². The van der Waals surface area contributed by atoms with E-state index < -0.39 is 35.8 Å². The number of urea groups is 1. The highest BCUT2D eigenvalue weighted by Crippen LogP contribution is 2.22. The number of rotatable bonds is 2. The number of carbonyl (C=O) groups is 3. The number of aliphatic carboxylic acids is 1. The average Bonchev–Trinajstić information content (AvgIpc) is 2.23. The maximum absolute atomic E-state index is 11.7. The maximum atomic E-state index is 11.7. The summed E-state index contributed by atoms with van der Waals surface area (Å²) in [5, 5.41) is 18.0. The van der Waals surface area contributed by atoms with Crippen LogP contribution in [0.3, 0.4) is 0 Å². The van der Waals surface area contributed by atoms with E-state index in [2.05, 4.69) is 0 Å². The third-order valence-corrected chi connectivity index (χ3v) is 2.56. The highest BCUT2D eigenvalue weighted by molar-refractivity contribution is 5.99. The fourth-order valence-electron chi connectivity index (χ4n) is 1.55. The number of imide groups is 1. The predicted octanol–water partition coefficient (Wildman–Crippen LogP) is -1.06. The monoisotopic (exact) mass is 243 g/mol. The van der Waals surface area contributed by atoms with Crippen LogP contribution in [0.1, 0.15) is 0 Å². The molecule has 3 amide bonds. The van der Waals surface area contributed by atoms with Crippen molar-refractivity contribution in [3.05, 3.63) is 11.8 Å². The SMILES string of the molecule is CN1C(=O)C(/C(O)=C/C(=O)O)C(N)N(C)C1=O. The lowest BCUT2D eigenvalue weighted by molar-refractivity contribution is -0.136. The Morgan fingerprint density at radius 1 is 1.35 bits per heavy atom. The Morgan fingerprint density at radius 2 is 1.88 bits per heavy atom. The van der Waals surface area contributed by atoms with Crippen molar-refractivity contribution in [3.63, 3.8) is 0 Å². The Labute approximate surface area is 96.9 Å². The number of carbonyl (C=O) groups excluding carboxylic acids is 2. The first-order valence-corrected chi connectivity index (χ1v) is 4.70. The molecule has 17 heavy (non-hydrogen) atoms. The molecule has 0 saturated carbocycles. The van der Waals surface area contributed by atoms with Crippen LogP contribution in [0.2, 0.25) is 0 Å². The largest absolute Gasteiger partial charge is 0.511 e. The first kappa shape index (κ1) is 13.0. The average molecular weight is 243 g/mol. The normalized spacial score (nSPS) is 26.4. The minimum atomic E-state index is -1.40. The molecular formula is C9H13N3O5. The summed E-state index contributed by atoms with van der Waals surface area (Å²) in [4.78, 5) is 35.4. The van der Waals surface area contributed by atoms with E-state index in [1.54, 1.807) is 0 Å². The van der Waals surface area contributed by atoms with Gasteiger partial charge in [-0.25, -0.2) is 9.59 Å². The summed E-state index contributed by atoms with van der Waals surface area (Å²) in [5.41, 5.74) is 5.61. The Bertz CT molecular complexity index is 405. The van der Waals surface area contributed by atoms with E-state index in [1.165, 1.54) is 14.1 Å². The summed E-state index contributed by atoms with van der Waals surface area (Å²) in [6, 6.07) is -0.609. The fourth-order valence-corrected chi connectivity index (χ4v) is 1.55. The van der Waals surface area contributed by atoms with Gasteiger partial charge in [-0.15, -0.1) is 0 Å². The maximum Gasteiger partial charge on any atom is 0.331 e. The number of carboxylic acid groups (broad SMARTS) is 1. The van der Waals surface area contributed by atoms with Gasteiger partial charge in [0.15, 0.2) is 0 Å². The smallest absolute Gasteiger partial charge is 0.331 e. The van der Waals surface area contributed by atoms with Crippen LogP contribution >= 0.6 is 0 Å². The van der Waals surface area contributed by atoms with Gasteiger partial charge in [0, 0.05) is 14.1 Å². The summed E-state index contributed by atoms with van der Waals surface area (Å²) >= 11 is 0. The third kappa shape index (κ3) is 2.21. The Balaban J connectivity index is 3.10. The number of hydrogen-bond acceptors (Lipinski definition) is 5. The standard InChI is InChI=1S/C9H13N3O5/c1-11-7(10)6(4(13)3-5(14)15)8(16)12(2)9(11)17/h3,6-7,13H,10H2,1-2H3,(H,14,15)/b4-3-. The first-order valence-electron chi connectivity index (χ1n) is 4.70. The lowest BCUT2D eigenvalue weighted by atomic mass is 9.98.